The van der Waals surface area contributed by atoms with Gasteiger partial charge in [0.2, 0.25) is 0 Å². The zero-order valence-corrected chi connectivity index (χ0v) is 8.08. The summed E-state index contributed by atoms with van der Waals surface area (Å²) >= 11 is 5.04. The lowest BCUT2D eigenvalue weighted by Crippen LogP contribution is -2.20. The maximum Gasteiger partial charge on any atom is 0.127 e. The second-order valence-electron chi connectivity index (χ2n) is 2.32. The van der Waals surface area contributed by atoms with Gasteiger partial charge in [0.1, 0.15) is 5.50 Å². The zero-order chi connectivity index (χ0) is 7.84. The van der Waals surface area contributed by atoms with Gasteiger partial charge in [-0.05, 0) is 18.2 Å². The van der Waals surface area contributed by atoms with Gasteiger partial charge in [-0.25, -0.2) is 0 Å². The molecule has 1 aromatic rings. The first-order chi connectivity index (χ1) is 5.25. The molecule has 0 fully saturated rings. The summed E-state index contributed by atoms with van der Waals surface area (Å²) in [7, 11) is 0. The van der Waals surface area contributed by atoms with Crippen LogP contribution in [0.5, 0.6) is 0 Å². The number of rotatable bonds is 0. The normalized spacial score (nSPS) is 21.1. The van der Waals surface area contributed by atoms with Crippen molar-refractivity contribution in [2.24, 2.45) is 5.73 Å². The fourth-order valence-corrected chi connectivity index (χ4v) is 2.45. The first-order valence-corrected chi connectivity index (χ1v) is 4.91. The molecular formula is C7H7BrN2S. The maximum absolute atomic E-state index is 5.67. The number of nitrogens with one attached hydrogen (secondary N) is 1. The van der Waals surface area contributed by atoms with Crippen LogP contribution in [0.3, 0.4) is 0 Å². The van der Waals surface area contributed by atoms with Crippen molar-refractivity contribution in [1.29, 1.82) is 0 Å². The van der Waals surface area contributed by atoms with Gasteiger partial charge in [-0.3, -0.25) is 0 Å². The molecule has 1 aliphatic rings. The third-order valence-electron chi connectivity index (χ3n) is 1.50. The third-order valence-corrected chi connectivity index (χ3v) is 2.95. The number of fused-ring (bicyclic) bond motifs is 1. The lowest BCUT2D eigenvalue weighted by molar-refractivity contribution is 1.08. The molecule has 3 N–H and O–H groups in total. The molecule has 4 heteroatoms. The van der Waals surface area contributed by atoms with E-state index in [2.05, 4.69) is 27.3 Å². The molecule has 0 spiro atoms. The average molecular weight is 231 g/mol. The number of thioether (sulfide) groups is 1. The standard InChI is InChI=1S/C7H7BrN2S/c8-4-1-2-5-6(3-4)11-7(9)10-5/h1-3,7,10H,9H2/t7-/m0/s1. The number of anilines is 1. The molecule has 2 rings (SSSR count). The van der Waals surface area contributed by atoms with Crippen LogP contribution >= 0.6 is 27.7 Å². The van der Waals surface area contributed by atoms with Crippen LogP contribution in [0.15, 0.2) is 27.6 Å². The molecule has 1 aromatic carbocycles. The van der Waals surface area contributed by atoms with Gasteiger partial charge in [0, 0.05) is 15.1 Å². The Morgan fingerprint density at radius 1 is 1.55 bits per heavy atom. The Hall–Kier alpha value is -0.190. The van der Waals surface area contributed by atoms with Crippen LogP contribution in [0.25, 0.3) is 0 Å². The van der Waals surface area contributed by atoms with E-state index in [1.807, 2.05) is 12.1 Å². The third kappa shape index (κ3) is 1.38. The number of nitrogens with two attached hydrogens (primary N) is 1. The summed E-state index contributed by atoms with van der Waals surface area (Å²) in [5, 5.41) is 3.14. The van der Waals surface area contributed by atoms with Gasteiger partial charge in [-0.15, -0.1) is 0 Å². The molecule has 11 heavy (non-hydrogen) atoms. The Balaban J connectivity index is 2.43. The highest BCUT2D eigenvalue weighted by Crippen LogP contribution is 2.37. The number of benzene rings is 1. The van der Waals surface area contributed by atoms with Crippen molar-refractivity contribution in [3.63, 3.8) is 0 Å². The molecule has 0 amide bonds. The largest absolute Gasteiger partial charge is 0.360 e. The van der Waals surface area contributed by atoms with E-state index in [0.717, 1.165) is 10.2 Å². The van der Waals surface area contributed by atoms with E-state index in [4.69, 9.17) is 5.73 Å². The lowest BCUT2D eigenvalue weighted by atomic mass is 10.3. The second-order valence-corrected chi connectivity index (χ2v) is 4.42. The van der Waals surface area contributed by atoms with Gasteiger partial charge in [-0.1, -0.05) is 27.7 Å². The summed E-state index contributed by atoms with van der Waals surface area (Å²) in [5.74, 6) is 0. The highest BCUT2D eigenvalue weighted by Gasteiger charge is 2.16. The molecule has 0 saturated heterocycles. The van der Waals surface area contributed by atoms with Crippen LogP contribution in [0.4, 0.5) is 5.69 Å². The Morgan fingerprint density at radius 3 is 3.18 bits per heavy atom. The van der Waals surface area contributed by atoms with Gasteiger partial charge < -0.3 is 11.1 Å². The molecule has 0 bridgehead atoms. The molecule has 0 aromatic heterocycles. The highest BCUT2D eigenvalue weighted by molar-refractivity contribution is 9.10. The second kappa shape index (κ2) is 2.69. The number of hydrogen-bond acceptors (Lipinski definition) is 3. The molecule has 0 unspecified atom stereocenters. The van der Waals surface area contributed by atoms with E-state index in [0.29, 0.717) is 0 Å². The van der Waals surface area contributed by atoms with E-state index >= 15 is 0 Å². The highest BCUT2D eigenvalue weighted by atomic mass is 79.9. The quantitative estimate of drug-likeness (QED) is 0.718. The SMILES string of the molecule is N[C@H]1Nc2ccc(Br)cc2S1. The predicted molar refractivity (Wildman–Crippen MR) is 51.6 cm³/mol. The van der Waals surface area contributed by atoms with E-state index < -0.39 is 0 Å². The van der Waals surface area contributed by atoms with Crippen LogP contribution in [0, 0.1) is 0 Å². The van der Waals surface area contributed by atoms with E-state index in [9.17, 15) is 0 Å². The Labute approximate surface area is 77.7 Å². The first-order valence-electron chi connectivity index (χ1n) is 3.24. The van der Waals surface area contributed by atoms with Crippen LogP contribution in [0.2, 0.25) is 0 Å². The van der Waals surface area contributed by atoms with Gasteiger partial charge >= 0.3 is 0 Å². The zero-order valence-electron chi connectivity index (χ0n) is 5.67. The molecule has 0 saturated carbocycles. The molecule has 0 radical (unpaired) electrons. The van der Waals surface area contributed by atoms with Gasteiger partial charge in [0.15, 0.2) is 0 Å². The summed E-state index contributed by atoms with van der Waals surface area (Å²) in [5.41, 5.74) is 6.82. The van der Waals surface area contributed by atoms with Crippen molar-refractivity contribution in [1.82, 2.24) is 0 Å². The minimum atomic E-state index is 0.0132. The van der Waals surface area contributed by atoms with Crippen LogP contribution in [0.1, 0.15) is 0 Å². The van der Waals surface area contributed by atoms with Crippen molar-refractivity contribution >= 4 is 33.4 Å². The van der Waals surface area contributed by atoms with Crippen molar-refractivity contribution in [2.75, 3.05) is 5.32 Å². The maximum atomic E-state index is 5.67. The van der Waals surface area contributed by atoms with Gasteiger partial charge in [-0.2, -0.15) is 0 Å². The monoisotopic (exact) mass is 230 g/mol. The topological polar surface area (TPSA) is 38.0 Å². The fraction of sp³-hybridized carbons (Fsp3) is 0.143. The van der Waals surface area contributed by atoms with E-state index in [1.54, 1.807) is 11.8 Å². The molecular weight excluding hydrogens is 224 g/mol. The molecule has 1 aliphatic heterocycles. The molecule has 58 valence electrons. The van der Waals surface area contributed by atoms with Crippen molar-refractivity contribution in [2.45, 2.75) is 10.4 Å². The Morgan fingerprint density at radius 2 is 2.36 bits per heavy atom. The van der Waals surface area contributed by atoms with Gasteiger partial charge in [0.05, 0.1) is 0 Å². The average Bonchev–Trinajstić information content (AvgIpc) is 2.27. The smallest absolute Gasteiger partial charge is 0.127 e. The summed E-state index contributed by atoms with van der Waals surface area (Å²) in [6.07, 6.45) is 0. The number of hydrogen-bond donors (Lipinski definition) is 2. The minimum Gasteiger partial charge on any atom is -0.360 e. The molecule has 1 heterocycles. The number of halogens is 1. The van der Waals surface area contributed by atoms with E-state index in [-0.39, 0.29) is 5.50 Å². The molecule has 2 nitrogen and oxygen atoms in total. The van der Waals surface area contributed by atoms with Crippen molar-refractivity contribution in [3.8, 4) is 0 Å². The Bertz CT molecular complexity index is 290. The first kappa shape index (κ1) is 7.46. The van der Waals surface area contributed by atoms with Crippen molar-refractivity contribution < 1.29 is 0 Å². The Kier molecular flexibility index (Phi) is 1.83. The lowest BCUT2D eigenvalue weighted by Gasteiger charge is -1.99. The summed E-state index contributed by atoms with van der Waals surface area (Å²) < 4.78 is 1.10. The van der Waals surface area contributed by atoms with Crippen LogP contribution < -0.4 is 11.1 Å². The summed E-state index contributed by atoms with van der Waals surface area (Å²) in [6, 6.07) is 6.10. The van der Waals surface area contributed by atoms with Crippen molar-refractivity contribution in [3.05, 3.63) is 22.7 Å². The minimum absolute atomic E-state index is 0.0132. The summed E-state index contributed by atoms with van der Waals surface area (Å²) in [6.45, 7) is 0. The molecule has 1 atom stereocenters. The fourth-order valence-electron chi connectivity index (χ4n) is 1.03. The molecule has 0 aliphatic carbocycles. The van der Waals surface area contributed by atoms with Gasteiger partial charge in [0.25, 0.3) is 0 Å². The van der Waals surface area contributed by atoms with Crippen LogP contribution in [-0.2, 0) is 0 Å². The summed E-state index contributed by atoms with van der Waals surface area (Å²) in [4.78, 5) is 1.21. The van der Waals surface area contributed by atoms with Crippen LogP contribution in [-0.4, -0.2) is 5.50 Å². The predicted octanol–water partition coefficient (Wildman–Crippen LogP) is 2.21. The van der Waals surface area contributed by atoms with E-state index in [1.165, 1.54) is 4.90 Å².